The zero-order chi connectivity index (χ0) is 13.7. The monoisotopic (exact) mass is 277 g/mol. The lowest BCUT2D eigenvalue weighted by molar-refractivity contribution is 0.467. The number of rotatable bonds is 6. The van der Waals surface area contributed by atoms with Crippen molar-refractivity contribution in [1.82, 2.24) is 15.5 Å². The van der Waals surface area contributed by atoms with Gasteiger partial charge in [-0.25, -0.2) is 0 Å². The number of aromatic nitrogens is 2. The van der Waals surface area contributed by atoms with Crippen molar-refractivity contribution in [3.63, 3.8) is 0 Å². The zero-order valence-corrected chi connectivity index (χ0v) is 12.3. The summed E-state index contributed by atoms with van der Waals surface area (Å²) in [6.45, 7) is 7.06. The van der Waals surface area contributed by atoms with E-state index in [0.717, 1.165) is 23.7 Å². The summed E-state index contributed by atoms with van der Waals surface area (Å²) in [5.74, 6) is 0.865. The summed E-state index contributed by atoms with van der Waals surface area (Å²) in [6.07, 6.45) is 0.941. The maximum absolute atomic E-state index is 5.80. The minimum absolute atomic E-state index is 0.439. The molecule has 0 aliphatic rings. The highest BCUT2D eigenvalue weighted by molar-refractivity contribution is 7.13. The fraction of sp³-hybridized carbons (Fsp3) is 0.429. The van der Waals surface area contributed by atoms with Crippen LogP contribution in [0.4, 0.5) is 0 Å². The van der Waals surface area contributed by atoms with Crippen LogP contribution in [0.2, 0.25) is 0 Å². The molecule has 0 spiro atoms. The maximum Gasteiger partial charge on any atom is 0.299 e. The summed E-state index contributed by atoms with van der Waals surface area (Å²) < 4.78 is 5.80. The first-order chi connectivity index (χ1) is 9.19. The van der Waals surface area contributed by atoms with Crippen molar-refractivity contribution >= 4 is 11.3 Å². The molecule has 0 saturated heterocycles. The number of benzene rings is 1. The lowest BCUT2D eigenvalue weighted by Crippen LogP contribution is -2.21. The molecule has 0 amide bonds. The van der Waals surface area contributed by atoms with Crippen LogP contribution >= 0.6 is 11.3 Å². The van der Waals surface area contributed by atoms with E-state index in [1.54, 1.807) is 0 Å². The second-order valence-electron chi connectivity index (χ2n) is 4.56. The number of nitrogens with zero attached hydrogens (tertiary/aromatic N) is 2. The lowest BCUT2D eigenvalue weighted by Gasteiger charge is -2.06. The van der Waals surface area contributed by atoms with Crippen LogP contribution in [0, 0.1) is 0 Å². The van der Waals surface area contributed by atoms with Gasteiger partial charge in [0.15, 0.2) is 0 Å². The molecule has 0 atom stereocenters. The van der Waals surface area contributed by atoms with Crippen molar-refractivity contribution < 1.29 is 4.74 Å². The first-order valence-corrected chi connectivity index (χ1v) is 7.32. The van der Waals surface area contributed by atoms with Gasteiger partial charge in [-0.15, -0.1) is 5.10 Å². The molecule has 0 fully saturated rings. The van der Waals surface area contributed by atoms with Gasteiger partial charge in [0, 0.05) is 6.04 Å². The van der Waals surface area contributed by atoms with Gasteiger partial charge in [-0.2, -0.15) is 0 Å². The highest BCUT2D eigenvalue weighted by Crippen LogP contribution is 2.27. The predicted molar refractivity (Wildman–Crippen MR) is 77.8 cm³/mol. The Labute approximate surface area is 117 Å². The quantitative estimate of drug-likeness (QED) is 0.879. The van der Waals surface area contributed by atoms with E-state index in [-0.39, 0.29) is 0 Å². The molecule has 0 saturated carbocycles. The van der Waals surface area contributed by atoms with Crippen molar-refractivity contribution in [2.45, 2.75) is 39.8 Å². The fourth-order valence-electron chi connectivity index (χ4n) is 1.63. The van der Waals surface area contributed by atoms with Crippen LogP contribution in [-0.4, -0.2) is 16.2 Å². The first kappa shape index (κ1) is 14.0. The van der Waals surface area contributed by atoms with E-state index in [0.29, 0.717) is 11.2 Å². The van der Waals surface area contributed by atoms with Gasteiger partial charge in [0.1, 0.15) is 10.8 Å². The minimum Gasteiger partial charge on any atom is -0.430 e. The summed E-state index contributed by atoms with van der Waals surface area (Å²) >= 11 is 1.48. The van der Waals surface area contributed by atoms with E-state index in [9.17, 15) is 0 Å². The lowest BCUT2D eigenvalue weighted by atomic mass is 10.1. The predicted octanol–water partition coefficient (Wildman–Crippen LogP) is 3.39. The third-order valence-corrected chi connectivity index (χ3v) is 3.46. The number of hydrogen-bond acceptors (Lipinski definition) is 5. The molecule has 0 aliphatic carbocycles. The van der Waals surface area contributed by atoms with Gasteiger partial charge in [0.05, 0.1) is 6.54 Å². The number of hydrogen-bond donors (Lipinski definition) is 1. The van der Waals surface area contributed by atoms with Crippen LogP contribution in [0.25, 0.3) is 0 Å². The largest absolute Gasteiger partial charge is 0.430 e. The number of aryl methyl sites for hydroxylation is 1. The minimum atomic E-state index is 0.439. The Balaban J connectivity index is 2.03. The molecule has 1 aromatic heterocycles. The number of nitrogens with one attached hydrogen (secondary N) is 1. The Kier molecular flexibility index (Phi) is 4.87. The number of ether oxygens (including phenoxy) is 1. The van der Waals surface area contributed by atoms with Crippen molar-refractivity contribution in [2.24, 2.45) is 0 Å². The maximum atomic E-state index is 5.80. The number of para-hydroxylation sites is 1. The summed E-state index contributed by atoms with van der Waals surface area (Å²) in [5.41, 5.74) is 1.18. The highest BCUT2D eigenvalue weighted by Gasteiger charge is 2.08. The summed E-state index contributed by atoms with van der Waals surface area (Å²) in [6, 6.07) is 8.46. The van der Waals surface area contributed by atoms with E-state index >= 15 is 0 Å². The molecule has 0 radical (unpaired) electrons. The second kappa shape index (κ2) is 6.63. The molecule has 4 nitrogen and oxygen atoms in total. The van der Waals surface area contributed by atoms with E-state index in [1.807, 2.05) is 18.2 Å². The molecule has 1 aromatic carbocycles. The average molecular weight is 277 g/mol. The van der Waals surface area contributed by atoms with E-state index in [1.165, 1.54) is 16.9 Å². The molecule has 5 heteroatoms. The molecule has 1 heterocycles. The van der Waals surface area contributed by atoms with Crippen molar-refractivity contribution in [3.05, 3.63) is 34.8 Å². The van der Waals surface area contributed by atoms with Crippen LogP contribution in [0.3, 0.4) is 0 Å². The molecule has 0 aliphatic heterocycles. The molecule has 1 N–H and O–H groups in total. The molecule has 102 valence electrons. The molecule has 19 heavy (non-hydrogen) atoms. The van der Waals surface area contributed by atoms with E-state index in [2.05, 4.69) is 42.4 Å². The Morgan fingerprint density at radius 3 is 2.79 bits per heavy atom. The second-order valence-corrected chi connectivity index (χ2v) is 5.59. The standard InChI is InChI=1S/C14H19N3OS/c1-4-11-7-5-6-8-12(11)18-14-17-16-13(19-14)9-15-10(2)3/h5-8,10,15H,4,9H2,1-3H3. The highest BCUT2D eigenvalue weighted by atomic mass is 32.1. The smallest absolute Gasteiger partial charge is 0.299 e. The van der Waals surface area contributed by atoms with E-state index in [4.69, 9.17) is 4.74 Å². The van der Waals surface area contributed by atoms with Gasteiger partial charge < -0.3 is 10.1 Å². The zero-order valence-electron chi connectivity index (χ0n) is 11.5. The van der Waals surface area contributed by atoms with Crippen LogP contribution < -0.4 is 10.1 Å². The van der Waals surface area contributed by atoms with Gasteiger partial charge in [-0.1, -0.05) is 55.4 Å². The third kappa shape index (κ3) is 4.01. The van der Waals surface area contributed by atoms with Gasteiger partial charge in [0.25, 0.3) is 5.19 Å². The molecular weight excluding hydrogens is 258 g/mol. The Hall–Kier alpha value is -1.46. The molecule has 0 bridgehead atoms. The first-order valence-electron chi connectivity index (χ1n) is 6.50. The Morgan fingerprint density at radius 1 is 1.26 bits per heavy atom. The van der Waals surface area contributed by atoms with Crippen LogP contribution in [0.5, 0.6) is 10.9 Å². The normalized spacial score (nSPS) is 10.9. The molecule has 2 rings (SSSR count). The summed E-state index contributed by atoms with van der Waals surface area (Å²) in [4.78, 5) is 0. The summed E-state index contributed by atoms with van der Waals surface area (Å²) in [5, 5.41) is 13.0. The van der Waals surface area contributed by atoms with Crippen molar-refractivity contribution in [2.75, 3.05) is 0 Å². The van der Waals surface area contributed by atoms with Gasteiger partial charge in [0.2, 0.25) is 0 Å². The third-order valence-electron chi connectivity index (χ3n) is 2.66. The van der Waals surface area contributed by atoms with Crippen molar-refractivity contribution in [1.29, 1.82) is 0 Å². The van der Waals surface area contributed by atoms with Crippen molar-refractivity contribution in [3.8, 4) is 10.9 Å². The SMILES string of the molecule is CCc1ccccc1Oc1nnc(CNC(C)C)s1. The molecular formula is C14H19N3OS. The Morgan fingerprint density at radius 2 is 2.05 bits per heavy atom. The van der Waals surface area contributed by atoms with E-state index < -0.39 is 0 Å². The Bertz CT molecular complexity index is 525. The van der Waals surface area contributed by atoms with Crippen LogP contribution in [0.1, 0.15) is 31.3 Å². The topological polar surface area (TPSA) is 47.0 Å². The van der Waals surface area contributed by atoms with Gasteiger partial charge in [-0.3, -0.25) is 0 Å². The van der Waals surface area contributed by atoms with Crippen LogP contribution in [-0.2, 0) is 13.0 Å². The fourth-order valence-corrected chi connectivity index (χ4v) is 2.28. The summed E-state index contributed by atoms with van der Waals surface area (Å²) in [7, 11) is 0. The van der Waals surface area contributed by atoms with Gasteiger partial charge in [-0.05, 0) is 18.1 Å². The average Bonchev–Trinajstić information content (AvgIpc) is 2.85. The molecule has 2 aromatic rings. The van der Waals surface area contributed by atoms with Gasteiger partial charge >= 0.3 is 0 Å². The molecule has 0 unspecified atom stereocenters. The van der Waals surface area contributed by atoms with Crippen LogP contribution in [0.15, 0.2) is 24.3 Å².